The third-order valence-electron chi connectivity index (χ3n) is 4.99. The summed E-state index contributed by atoms with van der Waals surface area (Å²) in [6, 6.07) is 18.3. The van der Waals surface area contributed by atoms with E-state index in [0.717, 1.165) is 35.1 Å². The lowest BCUT2D eigenvalue weighted by Crippen LogP contribution is -2.16. The monoisotopic (exact) mass is 306 g/mol. The van der Waals surface area contributed by atoms with Gasteiger partial charge in [0.15, 0.2) is 0 Å². The summed E-state index contributed by atoms with van der Waals surface area (Å²) in [5.41, 5.74) is 2.92. The van der Waals surface area contributed by atoms with Crippen LogP contribution in [0.3, 0.4) is 0 Å². The zero-order valence-electron chi connectivity index (χ0n) is 13.2. The Morgan fingerprint density at radius 1 is 0.913 bits per heavy atom. The number of aromatic nitrogens is 2. The molecule has 23 heavy (non-hydrogen) atoms. The summed E-state index contributed by atoms with van der Waals surface area (Å²) < 4.78 is 1.96. The van der Waals surface area contributed by atoms with Gasteiger partial charge in [0, 0.05) is 5.39 Å². The second-order valence-corrected chi connectivity index (χ2v) is 6.49. The Hall–Kier alpha value is -2.13. The van der Waals surface area contributed by atoms with Crippen molar-refractivity contribution in [3.05, 3.63) is 60.3 Å². The van der Waals surface area contributed by atoms with Gasteiger partial charge in [-0.2, -0.15) is 5.10 Å². The molecule has 4 rings (SSSR count). The maximum absolute atomic E-state index is 10.9. The lowest BCUT2D eigenvalue weighted by molar-refractivity contribution is 0.0820. The molecule has 0 bridgehead atoms. The van der Waals surface area contributed by atoms with E-state index < -0.39 is 6.10 Å². The van der Waals surface area contributed by atoms with Gasteiger partial charge in [-0.1, -0.05) is 55.7 Å². The SMILES string of the molecule is OC(c1nn(-c2ccccc2)c2ccccc12)C1CCCCC1. The molecule has 1 heterocycles. The van der Waals surface area contributed by atoms with Crippen LogP contribution in [0.15, 0.2) is 54.6 Å². The molecule has 1 unspecified atom stereocenters. The van der Waals surface area contributed by atoms with E-state index in [9.17, 15) is 5.11 Å². The van der Waals surface area contributed by atoms with Crippen LogP contribution in [0.1, 0.15) is 43.9 Å². The molecule has 1 atom stereocenters. The Bertz CT molecular complexity index is 788. The Labute approximate surface area is 136 Å². The Morgan fingerprint density at radius 2 is 1.61 bits per heavy atom. The molecule has 0 saturated heterocycles. The predicted octanol–water partition coefficient (Wildman–Crippen LogP) is 4.64. The summed E-state index contributed by atoms with van der Waals surface area (Å²) in [5.74, 6) is 0.339. The van der Waals surface area contributed by atoms with E-state index >= 15 is 0 Å². The molecule has 118 valence electrons. The van der Waals surface area contributed by atoms with Gasteiger partial charge in [0.1, 0.15) is 6.10 Å². The average molecular weight is 306 g/mol. The molecule has 1 saturated carbocycles. The fourth-order valence-corrected chi connectivity index (χ4v) is 3.75. The van der Waals surface area contributed by atoms with Gasteiger partial charge >= 0.3 is 0 Å². The molecule has 0 amide bonds. The lowest BCUT2D eigenvalue weighted by atomic mass is 9.83. The third-order valence-corrected chi connectivity index (χ3v) is 4.99. The smallest absolute Gasteiger partial charge is 0.101 e. The first kappa shape index (κ1) is 14.5. The van der Waals surface area contributed by atoms with Gasteiger partial charge in [0.2, 0.25) is 0 Å². The van der Waals surface area contributed by atoms with Crippen molar-refractivity contribution in [2.45, 2.75) is 38.2 Å². The Kier molecular flexibility index (Phi) is 3.88. The number of hydrogen-bond acceptors (Lipinski definition) is 2. The second-order valence-electron chi connectivity index (χ2n) is 6.49. The highest BCUT2D eigenvalue weighted by atomic mass is 16.3. The predicted molar refractivity (Wildman–Crippen MR) is 92.6 cm³/mol. The summed E-state index contributed by atoms with van der Waals surface area (Å²) in [6.07, 6.45) is 5.48. The topological polar surface area (TPSA) is 38.1 Å². The van der Waals surface area contributed by atoms with Gasteiger partial charge in [-0.05, 0) is 37.0 Å². The average Bonchev–Trinajstić information content (AvgIpc) is 3.02. The Morgan fingerprint density at radius 3 is 2.39 bits per heavy atom. The summed E-state index contributed by atoms with van der Waals surface area (Å²) in [5, 5.41) is 16.8. The van der Waals surface area contributed by atoms with Gasteiger partial charge in [-0.15, -0.1) is 0 Å². The molecule has 1 fully saturated rings. The first-order valence-electron chi connectivity index (χ1n) is 8.56. The number of fused-ring (bicyclic) bond motifs is 1. The highest BCUT2D eigenvalue weighted by molar-refractivity contribution is 5.83. The molecular formula is C20H22N2O. The van der Waals surface area contributed by atoms with E-state index in [1.165, 1.54) is 19.3 Å². The van der Waals surface area contributed by atoms with Crippen LogP contribution in [0.25, 0.3) is 16.6 Å². The zero-order chi connectivity index (χ0) is 15.6. The number of rotatable bonds is 3. The molecule has 0 radical (unpaired) electrons. The molecule has 3 aromatic rings. The number of aliphatic hydroxyl groups is 1. The van der Waals surface area contributed by atoms with Crippen LogP contribution >= 0.6 is 0 Å². The van der Waals surface area contributed by atoms with Crippen molar-refractivity contribution >= 4 is 10.9 Å². The van der Waals surface area contributed by atoms with Crippen LogP contribution in [0.4, 0.5) is 0 Å². The number of benzene rings is 2. The first-order chi connectivity index (χ1) is 11.3. The molecule has 1 aliphatic carbocycles. The Balaban J connectivity index is 1.81. The van der Waals surface area contributed by atoms with Crippen molar-refractivity contribution < 1.29 is 5.11 Å². The first-order valence-corrected chi connectivity index (χ1v) is 8.56. The molecule has 1 N–H and O–H groups in total. The van der Waals surface area contributed by atoms with Crippen LogP contribution in [0, 0.1) is 5.92 Å². The molecule has 2 aromatic carbocycles. The minimum Gasteiger partial charge on any atom is -0.386 e. The van der Waals surface area contributed by atoms with Crippen molar-refractivity contribution in [2.75, 3.05) is 0 Å². The van der Waals surface area contributed by atoms with Crippen LogP contribution in [-0.4, -0.2) is 14.9 Å². The highest BCUT2D eigenvalue weighted by Gasteiger charge is 2.27. The van der Waals surface area contributed by atoms with Crippen molar-refractivity contribution in [3.8, 4) is 5.69 Å². The zero-order valence-corrected chi connectivity index (χ0v) is 13.2. The fraction of sp³-hybridized carbons (Fsp3) is 0.350. The molecule has 0 aliphatic heterocycles. The third kappa shape index (κ3) is 2.66. The molecule has 3 nitrogen and oxygen atoms in total. The van der Waals surface area contributed by atoms with Gasteiger partial charge in [-0.25, -0.2) is 4.68 Å². The molecule has 3 heteroatoms. The number of aliphatic hydroxyl groups excluding tert-OH is 1. The fourth-order valence-electron chi connectivity index (χ4n) is 3.75. The number of nitrogens with zero attached hydrogens (tertiary/aromatic N) is 2. The summed E-state index contributed by atoms with van der Waals surface area (Å²) in [7, 11) is 0. The van der Waals surface area contributed by atoms with E-state index in [-0.39, 0.29) is 0 Å². The molecule has 1 aromatic heterocycles. The van der Waals surface area contributed by atoms with Crippen LogP contribution in [-0.2, 0) is 0 Å². The maximum atomic E-state index is 10.9. The van der Waals surface area contributed by atoms with Gasteiger partial charge < -0.3 is 5.11 Å². The summed E-state index contributed by atoms with van der Waals surface area (Å²) >= 11 is 0. The number of para-hydroxylation sites is 2. The van der Waals surface area contributed by atoms with Gasteiger partial charge in [-0.3, -0.25) is 0 Å². The van der Waals surface area contributed by atoms with Crippen LogP contribution < -0.4 is 0 Å². The maximum Gasteiger partial charge on any atom is 0.101 e. The van der Waals surface area contributed by atoms with E-state index in [2.05, 4.69) is 24.3 Å². The van der Waals surface area contributed by atoms with Gasteiger partial charge in [0.05, 0.1) is 16.9 Å². The largest absolute Gasteiger partial charge is 0.386 e. The van der Waals surface area contributed by atoms with E-state index in [0.29, 0.717) is 5.92 Å². The molecule has 1 aliphatic rings. The van der Waals surface area contributed by atoms with Crippen LogP contribution in [0.5, 0.6) is 0 Å². The van der Waals surface area contributed by atoms with Gasteiger partial charge in [0.25, 0.3) is 0 Å². The second kappa shape index (κ2) is 6.17. The van der Waals surface area contributed by atoms with Crippen molar-refractivity contribution in [1.82, 2.24) is 9.78 Å². The van der Waals surface area contributed by atoms with E-state index in [1.807, 2.05) is 35.0 Å². The van der Waals surface area contributed by atoms with E-state index in [4.69, 9.17) is 5.10 Å². The van der Waals surface area contributed by atoms with Crippen molar-refractivity contribution in [1.29, 1.82) is 0 Å². The minimum atomic E-state index is -0.467. The van der Waals surface area contributed by atoms with Crippen molar-refractivity contribution in [2.24, 2.45) is 5.92 Å². The number of hydrogen-bond donors (Lipinski definition) is 1. The molecular weight excluding hydrogens is 284 g/mol. The quantitative estimate of drug-likeness (QED) is 0.765. The van der Waals surface area contributed by atoms with E-state index in [1.54, 1.807) is 0 Å². The standard InChI is InChI=1S/C20H22N2O/c23-20(15-9-3-1-4-10-15)19-17-13-7-8-14-18(17)22(21-19)16-11-5-2-6-12-16/h2,5-8,11-15,20,23H,1,3-4,9-10H2. The summed E-state index contributed by atoms with van der Waals surface area (Å²) in [4.78, 5) is 0. The normalized spacial score (nSPS) is 17.4. The summed E-state index contributed by atoms with van der Waals surface area (Å²) in [6.45, 7) is 0. The van der Waals surface area contributed by atoms with Crippen LogP contribution in [0.2, 0.25) is 0 Å². The highest BCUT2D eigenvalue weighted by Crippen LogP contribution is 2.37. The lowest BCUT2D eigenvalue weighted by Gasteiger charge is -2.25. The van der Waals surface area contributed by atoms with Crippen molar-refractivity contribution in [3.63, 3.8) is 0 Å². The molecule has 0 spiro atoms. The minimum absolute atomic E-state index is 0.339.